The zero-order chi connectivity index (χ0) is 14.8. The number of amides is 1. The summed E-state index contributed by atoms with van der Waals surface area (Å²) in [4.78, 5) is 22.2. The number of likely N-dealkylation sites (tertiary alicyclic amines) is 1. The van der Waals surface area contributed by atoms with Gasteiger partial charge in [-0.3, -0.25) is 0 Å². The summed E-state index contributed by atoms with van der Waals surface area (Å²) in [6.45, 7) is 7.05. The highest BCUT2D eigenvalue weighted by Gasteiger charge is 2.28. The van der Waals surface area contributed by atoms with E-state index in [0.717, 1.165) is 29.7 Å². The molecule has 1 saturated heterocycles. The van der Waals surface area contributed by atoms with Crippen LogP contribution in [0.5, 0.6) is 0 Å². The maximum atomic E-state index is 12.1. The zero-order valence-electron chi connectivity index (χ0n) is 12.1. The fraction of sp³-hybridized carbons (Fsp3) is 0.643. The molecular formula is C14H20BrN3O2. The summed E-state index contributed by atoms with van der Waals surface area (Å²) in [5, 5.41) is 0. The molecule has 0 N–H and O–H groups in total. The second-order valence-corrected chi connectivity index (χ2v) is 6.84. The summed E-state index contributed by atoms with van der Waals surface area (Å²) in [5.41, 5.74) is 0.516. The smallest absolute Gasteiger partial charge is 0.410 e. The number of nitrogens with zero attached hydrogens (tertiary/aromatic N) is 3. The number of halogens is 1. The maximum absolute atomic E-state index is 12.1. The third-order valence-electron chi connectivity index (χ3n) is 3.15. The number of carbonyl (C=O) groups is 1. The molecule has 1 fully saturated rings. The molecule has 0 aliphatic carbocycles. The van der Waals surface area contributed by atoms with E-state index in [0.29, 0.717) is 6.54 Å². The van der Waals surface area contributed by atoms with Crippen molar-refractivity contribution >= 4 is 22.0 Å². The van der Waals surface area contributed by atoms with Gasteiger partial charge in [0.2, 0.25) is 0 Å². The lowest BCUT2D eigenvalue weighted by atomic mass is 9.95. The average Bonchev–Trinajstić information content (AvgIpc) is 2.37. The van der Waals surface area contributed by atoms with E-state index in [9.17, 15) is 4.79 Å². The Balaban J connectivity index is 2.03. The van der Waals surface area contributed by atoms with Gasteiger partial charge in [-0.25, -0.2) is 14.8 Å². The highest BCUT2D eigenvalue weighted by Crippen LogP contribution is 2.27. The molecule has 1 aromatic rings. The van der Waals surface area contributed by atoms with Crippen LogP contribution in [0.2, 0.25) is 0 Å². The van der Waals surface area contributed by atoms with Crippen molar-refractivity contribution in [3.63, 3.8) is 0 Å². The highest BCUT2D eigenvalue weighted by molar-refractivity contribution is 9.10. The van der Waals surface area contributed by atoms with Crippen molar-refractivity contribution in [2.24, 2.45) is 0 Å². The van der Waals surface area contributed by atoms with Crippen molar-refractivity contribution < 1.29 is 9.53 Å². The van der Waals surface area contributed by atoms with Gasteiger partial charge in [0.05, 0.1) is 0 Å². The molecule has 20 heavy (non-hydrogen) atoms. The predicted molar refractivity (Wildman–Crippen MR) is 79.5 cm³/mol. The highest BCUT2D eigenvalue weighted by atomic mass is 79.9. The van der Waals surface area contributed by atoms with Crippen LogP contribution >= 0.6 is 15.9 Å². The number of aromatic nitrogens is 2. The summed E-state index contributed by atoms with van der Waals surface area (Å²) >= 11 is 3.36. The van der Waals surface area contributed by atoms with Crippen LogP contribution < -0.4 is 0 Å². The third-order valence-corrected chi connectivity index (χ3v) is 3.58. The summed E-state index contributed by atoms with van der Waals surface area (Å²) in [6, 6.07) is 1.92. The zero-order valence-corrected chi connectivity index (χ0v) is 13.7. The molecule has 0 radical (unpaired) electrons. The van der Waals surface area contributed by atoms with Gasteiger partial charge in [-0.2, -0.15) is 0 Å². The second-order valence-electron chi connectivity index (χ2n) is 6.03. The monoisotopic (exact) mass is 341 g/mol. The normalized spacial score (nSPS) is 19.8. The molecule has 1 aromatic heterocycles. The number of carbonyl (C=O) groups excluding carboxylic acids is 1. The van der Waals surface area contributed by atoms with E-state index in [-0.39, 0.29) is 12.0 Å². The molecule has 0 aromatic carbocycles. The van der Waals surface area contributed by atoms with E-state index in [1.54, 1.807) is 11.2 Å². The number of ether oxygens (including phenoxy) is 1. The topological polar surface area (TPSA) is 55.3 Å². The fourth-order valence-corrected chi connectivity index (χ4v) is 2.61. The van der Waals surface area contributed by atoms with Crippen molar-refractivity contribution in [3.05, 3.63) is 22.7 Å². The number of hydrogen-bond acceptors (Lipinski definition) is 4. The van der Waals surface area contributed by atoms with Crippen LogP contribution in [0, 0.1) is 0 Å². The van der Waals surface area contributed by atoms with E-state index in [1.165, 1.54) is 0 Å². The minimum absolute atomic E-state index is 0.240. The van der Waals surface area contributed by atoms with E-state index < -0.39 is 5.60 Å². The van der Waals surface area contributed by atoms with Gasteiger partial charge >= 0.3 is 6.09 Å². The first-order valence-corrected chi connectivity index (χ1v) is 7.60. The molecule has 0 spiro atoms. The van der Waals surface area contributed by atoms with E-state index >= 15 is 0 Å². The lowest BCUT2D eigenvalue weighted by Crippen LogP contribution is -2.42. The van der Waals surface area contributed by atoms with Gasteiger partial charge in [0.25, 0.3) is 0 Å². The molecule has 0 saturated carbocycles. The van der Waals surface area contributed by atoms with Crippen molar-refractivity contribution in [1.29, 1.82) is 0 Å². The van der Waals surface area contributed by atoms with Gasteiger partial charge in [-0.1, -0.05) is 0 Å². The molecule has 1 amide bonds. The molecule has 2 heterocycles. The summed E-state index contributed by atoms with van der Waals surface area (Å²) in [6.07, 6.45) is 3.30. The summed E-state index contributed by atoms with van der Waals surface area (Å²) < 4.78 is 6.20. The van der Waals surface area contributed by atoms with Gasteiger partial charge in [0.1, 0.15) is 16.5 Å². The number of rotatable bonds is 1. The van der Waals surface area contributed by atoms with Gasteiger partial charge in [0, 0.05) is 24.7 Å². The average molecular weight is 342 g/mol. The Bertz CT molecular complexity index is 488. The largest absolute Gasteiger partial charge is 0.444 e. The van der Waals surface area contributed by atoms with E-state index in [4.69, 9.17) is 4.74 Å². The van der Waals surface area contributed by atoms with Crippen LogP contribution in [0.15, 0.2) is 17.0 Å². The van der Waals surface area contributed by atoms with Crippen LogP contribution in [0.25, 0.3) is 0 Å². The Labute approximate surface area is 127 Å². The molecule has 6 heteroatoms. The molecule has 1 atom stereocenters. The standard InChI is InChI=1S/C14H20BrN3O2/c1-14(2,3)20-13(19)18-6-4-5-10(8-18)11-7-12(15)17-9-16-11/h7,9-10H,4-6,8H2,1-3H3. The Morgan fingerprint density at radius 3 is 2.85 bits per heavy atom. The van der Waals surface area contributed by atoms with Crippen LogP contribution in [-0.4, -0.2) is 39.7 Å². The molecule has 1 unspecified atom stereocenters. The molecule has 110 valence electrons. The number of piperidine rings is 1. The summed E-state index contributed by atoms with van der Waals surface area (Å²) in [7, 11) is 0. The predicted octanol–water partition coefficient (Wildman–Crippen LogP) is 3.35. The SMILES string of the molecule is CC(C)(C)OC(=O)N1CCCC(c2cc(Br)ncn2)C1. The first kappa shape index (κ1) is 15.2. The Kier molecular flexibility index (Phi) is 4.62. The van der Waals surface area contributed by atoms with Gasteiger partial charge in [-0.05, 0) is 55.6 Å². The molecule has 2 rings (SSSR count). The van der Waals surface area contributed by atoms with Gasteiger partial charge in [0.15, 0.2) is 0 Å². The van der Waals surface area contributed by atoms with Crippen LogP contribution in [-0.2, 0) is 4.74 Å². The van der Waals surface area contributed by atoms with Crippen LogP contribution in [0.3, 0.4) is 0 Å². The van der Waals surface area contributed by atoms with Gasteiger partial charge < -0.3 is 9.64 Å². The quantitative estimate of drug-likeness (QED) is 0.735. The Hall–Kier alpha value is -1.17. The lowest BCUT2D eigenvalue weighted by molar-refractivity contribution is 0.0197. The number of hydrogen-bond donors (Lipinski definition) is 0. The first-order valence-electron chi connectivity index (χ1n) is 6.80. The van der Waals surface area contributed by atoms with Crippen molar-refractivity contribution in [3.8, 4) is 0 Å². The molecule has 1 aliphatic heterocycles. The Morgan fingerprint density at radius 1 is 1.45 bits per heavy atom. The molecule has 0 bridgehead atoms. The first-order chi connectivity index (χ1) is 9.35. The molecular weight excluding hydrogens is 322 g/mol. The van der Waals surface area contributed by atoms with Crippen molar-refractivity contribution in [1.82, 2.24) is 14.9 Å². The maximum Gasteiger partial charge on any atom is 0.410 e. The lowest BCUT2D eigenvalue weighted by Gasteiger charge is -2.33. The van der Waals surface area contributed by atoms with E-state index in [2.05, 4.69) is 25.9 Å². The van der Waals surface area contributed by atoms with Crippen molar-refractivity contribution in [2.75, 3.05) is 13.1 Å². The second kappa shape index (κ2) is 6.08. The Morgan fingerprint density at radius 2 is 2.20 bits per heavy atom. The fourth-order valence-electron chi connectivity index (χ4n) is 2.28. The summed E-state index contributed by atoms with van der Waals surface area (Å²) in [5.74, 6) is 0.246. The van der Waals surface area contributed by atoms with Gasteiger partial charge in [-0.15, -0.1) is 0 Å². The minimum atomic E-state index is -0.456. The van der Waals surface area contributed by atoms with Crippen molar-refractivity contribution in [2.45, 2.75) is 45.1 Å². The van der Waals surface area contributed by atoms with Crippen LogP contribution in [0.4, 0.5) is 4.79 Å². The molecule has 5 nitrogen and oxygen atoms in total. The van der Waals surface area contributed by atoms with Crippen LogP contribution in [0.1, 0.15) is 45.2 Å². The minimum Gasteiger partial charge on any atom is -0.444 e. The third kappa shape index (κ3) is 4.16. The molecule has 1 aliphatic rings. The van der Waals surface area contributed by atoms with E-state index in [1.807, 2.05) is 26.8 Å².